The van der Waals surface area contributed by atoms with E-state index < -0.39 is 0 Å². The molecule has 0 heterocycles. The summed E-state index contributed by atoms with van der Waals surface area (Å²) >= 11 is 4.67. The molecule has 3 nitrogen and oxygen atoms in total. The van der Waals surface area contributed by atoms with E-state index >= 15 is 0 Å². The molecular formula is C9H17N3S. The van der Waals surface area contributed by atoms with Gasteiger partial charge in [0.15, 0.2) is 5.11 Å². The molecule has 74 valence electrons. The van der Waals surface area contributed by atoms with Gasteiger partial charge >= 0.3 is 0 Å². The van der Waals surface area contributed by atoms with E-state index in [0.29, 0.717) is 0 Å². The van der Waals surface area contributed by atoms with Gasteiger partial charge in [-0.15, -0.1) is 0 Å². The predicted octanol–water partition coefficient (Wildman–Crippen LogP) is 1.78. The van der Waals surface area contributed by atoms with Crippen LogP contribution in [0.5, 0.6) is 0 Å². The maximum atomic E-state index is 5.28. The standard InChI is InChI=1S/C9H17N3S/c1-2-7-3-5-8(6-4-7)11-12-9(10)13/h7H,2-6H2,1H3,(H3,10,12,13). The highest BCUT2D eigenvalue weighted by Crippen LogP contribution is 2.24. The van der Waals surface area contributed by atoms with Crippen LogP contribution in [0.15, 0.2) is 5.10 Å². The van der Waals surface area contributed by atoms with E-state index in [1.807, 2.05) is 0 Å². The fraction of sp³-hybridized carbons (Fsp3) is 0.778. The fourth-order valence-corrected chi connectivity index (χ4v) is 1.71. The molecule has 0 bridgehead atoms. The van der Waals surface area contributed by atoms with Crippen molar-refractivity contribution < 1.29 is 0 Å². The molecule has 0 aromatic carbocycles. The van der Waals surface area contributed by atoms with Crippen molar-refractivity contribution in [3.8, 4) is 0 Å². The summed E-state index contributed by atoms with van der Waals surface area (Å²) in [6.07, 6.45) is 5.99. The number of nitrogens with zero attached hydrogens (tertiary/aromatic N) is 1. The Balaban J connectivity index is 2.31. The fourth-order valence-electron chi connectivity index (χ4n) is 1.67. The zero-order chi connectivity index (χ0) is 9.68. The van der Waals surface area contributed by atoms with E-state index in [0.717, 1.165) is 18.8 Å². The van der Waals surface area contributed by atoms with Crippen LogP contribution in [0.2, 0.25) is 0 Å². The summed E-state index contributed by atoms with van der Waals surface area (Å²) in [6, 6.07) is 0. The van der Waals surface area contributed by atoms with E-state index in [1.165, 1.54) is 25.0 Å². The Morgan fingerprint density at radius 2 is 2.23 bits per heavy atom. The molecule has 1 saturated carbocycles. The molecule has 3 N–H and O–H groups in total. The minimum Gasteiger partial charge on any atom is -0.375 e. The molecule has 0 radical (unpaired) electrons. The normalized spacial score (nSPS) is 22.5. The monoisotopic (exact) mass is 199 g/mol. The van der Waals surface area contributed by atoms with Crippen LogP contribution in [0, 0.1) is 5.92 Å². The molecule has 0 amide bonds. The molecule has 0 aromatic rings. The van der Waals surface area contributed by atoms with Crippen molar-refractivity contribution >= 4 is 23.0 Å². The first-order valence-electron chi connectivity index (χ1n) is 4.83. The highest BCUT2D eigenvalue weighted by atomic mass is 32.1. The minimum absolute atomic E-state index is 0.255. The molecule has 1 rings (SSSR count). The Hall–Kier alpha value is -0.640. The van der Waals surface area contributed by atoms with Crippen LogP contribution in [-0.4, -0.2) is 10.8 Å². The van der Waals surface area contributed by atoms with Gasteiger partial charge in [-0.05, 0) is 43.8 Å². The summed E-state index contributed by atoms with van der Waals surface area (Å²) < 4.78 is 0. The molecule has 0 spiro atoms. The lowest BCUT2D eigenvalue weighted by atomic mass is 9.86. The summed E-state index contributed by atoms with van der Waals surface area (Å²) in [5, 5.41) is 4.41. The summed E-state index contributed by atoms with van der Waals surface area (Å²) in [4.78, 5) is 0. The number of hydrogen-bond acceptors (Lipinski definition) is 2. The Bertz CT molecular complexity index is 203. The Morgan fingerprint density at radius 1 is 1.62 bits per heavy atom. The van der Waals surface area contributed by atoms with Gasteiger partial charge in [-0.25, -0.2) is 0 Å². The molecule has 4 heteroatoms. The van der Waals surface area contributed by atoms with Crippen LogP contribution in [0.4, 0.5) is 0 Å². The predicted molar refractivity (Wildman–Crippen MR) is 59.6 cm³/mol. The van der Waals surface area contributed by atoms with Crippen LogP contribution < -0.4 is 11.2 Å². The van der Waals surface area contributed by atoms with Crippen LogP contribution in [-0.2, 0) is 0 Å². The Kier molecular flexibility index (Phi) is 4.15. The van der Waals surface area contributed by atoms with E-state index in [2.05, 4.69) is 29.7 Å². The van der Waals surface area contributed by atoms with Gasteiger partial charge in [0.25, 0.3) is 0 Å². The van der Waals surface area contributed by atoms with E-state index in [-0.39, 0.29) is 5.11 Å². The molecule has 1 aliphatic carbocycles. The van der Waals surface area contributed by atoms with Gasteiger partial charge in [0.05, 0.1) is 0 Å². The second-order valence-corrected chi connectivity index (χ2v) is 3.95. The maximum absolute atomic E-state index is 5.28. The minimum atomic E-state index is 0.255. The Labute approximate surface area is 84.8 Å². The van der Waals surface area contributed by atoms with Crippen molar-refractivity contribution in [3.63, 3.8) is 0 Å². The van der Waals surface area contributed by atoms with E-state index in [4.69, 9.17) is 5.73 Å². The zero-order valence-electron chi connectivity index (χ0n) is 8.05. The van der Waals surface area contributed by atoms with Crippen molar-refractivity contribution in [1.82, 2.24) is 5.43 Å². The number of nitrogens with one attached hydrogen (secondary N) is 1. The highest BCUT2D eigenvalue weighted by molar-refractivity contribution is 7.80. The molecule has 0 saturated heterocycles. The summed E-state index contributed by atoms with van der Waals surface area (Å²) in [5.41, 5.74) is 9.13. The smallest absolute Gasteiger partial charge is 0.184 e. The Morgan fingerprint density at radius 3 is 2.69 bits per heavy atom. The van der Waals surface area contributed by atoms with Crippen molar-refractivity contribution in [2.45, 2.75) is 39.0 Å². The maximum Gasteiger partial charge on any atom is 0.184 e. The third-order valence-electron chi connectivity index (χ3n) is 2.58. The van der Waals surface area contributed by atoms with Crippen LogP contribution in [0.1, 0.15) is 39.0 Å². The summed E-state index contributed by atoms with van der Waals surface area (Å²) in [6.45, 7) is 2.25. The lowest BCUT2D eigenvalue weighted by Crippen LogP contribution is -2.26. The quantitative estimate of drug-likeness (QED) is 0.526. The average molecular weight is 199 g/mol. The lowest BCUT2D eigenvalue weighted by Gasteiger charge is -2.21. The number of hydrogen-bond donors (Lipinski definition) is 2. The largest absolute Gasteiger partial charge is 0.375 e. The second kappa shape index (κ2) is 5.17. The SMILES string of the molecule is CCC1CCC(=NNC(N)=S)CC1. The van der Waals surface area contributed by atoms with E-state index in [9.17, 15) is 0 Å². The third kappa shape index (κ3) is 3.72. The van der Waals surface area contributed by atoms with Gasteiger partial charge in [0, 0.05) is 5.71 Å². The molecular weight excluding hydrogens is 182 g/mol. The second-order valence-electron chi connectivity index (χ2n) is 3.51. The van der Waals surface area contributed by atoms with Crippen LogP contribution in [0.3, 0.4) is 0 Å². The summed E-state index contributed by atoms with van der Waals surface area (Å²) in [7, 11) is 0. The topological polar surface area (TPSA) is 50.4 Å². The van der Waals surface area contributed by atoms with E-state index in [1.54, 1.807) is 0 Å². The van der Waals surface area contributed by atoms with Gasteiger partial charge in [-0.3, -0.25) is 5.43 Å². The first kappa shape index (κ1) is 10.4. The molecule has 13 heavy (non-hydrogen) atoms. The average Bonchev–Trinajstić information content (AvgIpc) is 2.15. The van der Waals surface area contributed by atoms with Gasteiger partial charge < -0.3 is 5.73 Å². The van der Waals surface area contributed by atoms with Crippen LogP contribution in [0.25, 0.3) is 0 Å². The molecule has 0 aromatic heterocycles. The van der Waals surface area contributed by atoms with Crippen molar-refractivity contribution in [3.05, 3.63) is 0 Å². The van der Waals surface area contributed by atoms with Crippen LogP contribution >= 0.6 is 12.2 Å². The van der Waals surface area contributed by atoms with Crippen molar-refractivity contribution in [1.29, 1.82) is 0 Å². The molecule has 1 aliphatic rings. The number of rotatable bonds is 2. The molecule has 0 unspecified atom stereocenters. The van der Waals surface area contributed by atoms with Gasteiger partial charge in [-0.1, -0.05) is 13.3 Å². The van der Waals surface area contributed by atoms with Gasteiger partial charge in [0.1, 0.15) is 0 Å². The molecule has 0 atom stereocenters. The molecule has 0 aliphatic heterocycles. The zero-order valence-corrected chi connectivity index (χ0v) is 8.86. The summed E-state index contributed by atoms with van der Waals surface area (Å²) in [5.74, 6) is 0.892. The van der Waals surface area contributed by atoms with Crippen molar-refractivity contribution in [2.24, 2.45) is 16.8 Å². The number of thiocarbonyl (C=S) groups is 1. The first-order chi connectivity index (χ1) is 6.22. The van der Waals surface area contributed by atoms with Gasteiger partial charge in [0.2, 0.25) is 0 Å². The number of hydrazone groups is 1. The van der Waals surface area contributed by atoms with Gasteiger partial charge in [-0.2, -0.15) is 5.10 Å². The lowest BCUT2D eigenvalue weighted by molar-refractivity contribution is 0.428. The number of nitrogens with two attached hydrogens (primary N) is 1. The highest BCUT2D eigenvalue weighted by Gasteiger charge is 2.15. The third-order valence-corrected chi connectivity index (χ3v) is 2.68. The van der Waals surface area contributed by atoms with Crippen molar-refractivity contribution in [2.75, 3.05) is 0 Å². The molecule has 1 fully saturated rings. The first-order valence-corrected chi connectivity index (χ1v) is 5.24.